The van der Waals surface area contributed by atoms with Gasteiger partial charge in [0.1, 0.15) is 0 Å². The first-order valence-corrected chi connectivity index (χ1v) is 13.7. The van der Waals surface area contributed by atoms with Crippen LogP contribution in [0.25, 0.3) is 16.5 Å². The van der Waals surface area contributed by atoms with Crippen LogP contribution in [0.2, 0.25) is 0 Å². The Kier molecular flexibility index (Phi) is 6.17. The maximum atomic E-state index is 11.0. The number of fused-ring (bicyclic) bond motifs is 1. The van der Waals surface area contributed by atoms with Gasteiger partial charge in [-0.2, -0.15) is 0 Å². The van der Waals surface area contributed by atoms with Gasteiger partial charge in [0.15, 0.2) is 0 Å². The lowest BCUT2D eigenvalue weighted by atomic mass is 9.83. The molecule has 1 fully saturated rings. The van der Waals surface area contributed by atoms with Gasteiger partial charge in [-0.05, 0) is 96.7 Å². The number of nitrogens with zero attached hydrogens (tertiary/aromatic N) is 2. The van der Waals surface area contributed by atoms with Crippen molar-refractivity contribution < 1.29 is 9.90 Å². The first-order valence-electron chi connectivity index (χ1n) is 12.9. The molecule has 0 saturated heterocycles. The van der Waals surface area contributed by atoms with Gasteiger partial charge in [-0.25, -0.2) is 9.78 Å². The molecule has 1 aliphatic carbocycles. The summed E-state index contributed by atoms with van der Waals surface area (Å²) in [5, 5.41) is 10.1. The van der Waals surface area contributed by atoms with Crippen LogP contribution in [0.3, 0.4) is 0 Å². The molecular formula is C32H30N2O2S. The van der Waals surface area contributed by atoms with E-state index in [9.17, 15) is 4.79 Å². The Bertz CT molecular complexity index is 1470. The highest BCUT2D eigenvalue weighted by Gasteiger charge is 2.34. The number of aliphatic carboxylic acids is 1. The number of rotatable bonds is 6. The Labute approximate surface area is 221 Å². The molecule has 0 unspecified atom stereocenters. The van der Waals surface area contributed by atoms with Gasteiger partial charge in [-0.1, -0.05) is 48.5 Å². The molecule has 37 heavy (non-hydrogen) atoms. The minimum atomic E-state index is -0.938. The van der Waals surface area contributed by atoms with Crippen LogP contribution in [0, 0.1) is 6.92 Å². The second-order valence-corrected chi connectivity index (χ2v) is 11.5. The van der Waals surface area contributed by atoms with E-state index in [0.29, 0.717) is 6.04 Å². The van der Waals surface area contributed by atoms with Gasteiger partial charge in [0.2, 0.25) is 0 Å². The molecule has 1 aliphatic heterocycles. The molecule has 5 heteroatoms. The number of carbonyl (C=O) groups is 1. The molecule has 1 aromatic heterocycles. The summed E-state index contributed by atoms with van der Waals surface area (Å²) in [4.78, 5) is 19.2. The average Bonchev–Trinajstić information content (AvgIpc) is 3.66. The second kappa shape index (κ2) is 9.64. The Morgan fingerprint density at radius 1 is 1.03 bits per heavy atom. The molecule has 2 atom stereocenters. The summed E-state index contributed by atoms with van der Waals surface area (Å²) in [5.74, 6) is -0.198. The van der Waals surface area contributed by atoms with E-state index >= 15 is 0 Å². The van der Waals surface area contributed by atoms with Gasteiger partial charge in [-0.3, -0.25) is 0 Å². The quantitative estimate of drug-likeness (QED) is 0.273. The van der Waals surface area contributed by atoms with Gasteiger partial charge < -0.3 is 10.0 Å². The molecule has 1 saturated carbocycles. The van der Waals surface area contributed by atoms with E-state index in [-0.39, 0.29) is 6.04 Å². The van der Waals surface area contributed by atoms with Crippen LogP contribution in [-0.2, 0) is 11.2 Å². The monoisotopic (exact) mass is 506 g/mol. The van der Waals surface area contributed by atoms with Gasteiger partial charge in [0, 0.05) is 24.0 Å². The number of hydrogen-bond acceptors (Lipinski definition) is 4. The van der Waals surface area contributed by atoms with Crippen LogP contribution in [-0.4, -0.2) is 22.1 Å². The first kappa shape index (κ1) is 23.7. The molecule has 0 amide bonds. The largest absolute Gasteiger partial charge is 0.478 e. The smallest absolute Gasteiger partial charge is 0.328 e. The van der Waals surface area contributed by atoms with E-state index in [4.69, 9.17) is 5.11 Å². The predicted molar refractivity (Wildman–Crippen MR) is 151 cm³/mol. The molecule has 2 aliphatic rings. The minimum absolute atomic E-state index is 0.0697. The van der Waals surface area contributed by atoms with Gasteiger partial charge in [0.05, 0.1) is 15.9 Å². The summed E-state index contributed by atoms with van der Waals surface area (Å²) < 4.78 is 0. The third-order valence-electron chi connectivity index (χ3n) is 7.52. The van der Waals surface area contributed by atoms with E-state index in [1.165, 1.54) is 57.3 Å². The van der Waals surface area contributed by atoms with E-state index in [1.54, 1.807) is 17.4 Å². The van der Waals surface area contributed by atoms with Crippen LogP contribution in [0.1, 0.15) is 64.6 Å². The summed E-state index contributed by atoms with van der Waals surface area (Å²) in [6.07, 6.45) is 8.38. The Morgan fingerprint density at radius 3 is 2.41 bits per heavy atom. The summed E-state index contributed by atoms with van der Waals surface area (Å²) in [6.45, 7) is 4.37. The number of aromatic nitrogens is 1. The zero-order chi connectivity index (χ0) is 25.5. The van der Waals surface area contributed by atoms with Crippen molar-refractivity contribution in [2.45, 2.75) is 51.1 Å². The number of thiazole rings is 1. The number of carboxylic acid groups (broad SMARTS) is 1. The number of carboxylic acids is 1. The van der Waals surface area contributed by atoms with E-state index < -0.39 is 5.97 Å². The van der Waals surface area contributed by atoms with Gasteiger partial charge >= 0.3 is 5.97 Å². The fourth-order valence-electron chi connectivity index (χ4n) is 5.55. The Hall–Kier alpha value is -3.70. The van der Waals surface area contributed by atoms with Crippen LogP contribution in [0.5, 0.6) is 0 Å². The molecule has 0 bridgehead atoms. The zero-order valence-electron chi connectivity index (χ0n) is 21.1. The van der Waals surface area contributed by atoms with E-state index in [2.05, 4.69) is 71.4 Å². The van der Waals surface area contributed by atoms with Gasteiger partial charge in [-0.15, -0.1) is 11.3 Å². The van der Waals surface area contributed by atoms with Crippen molar-refractivity contribution in [3.63, 3.8) is 0 Å². The van der Waals surface area contributed by atoms with Gasteiger partial charge in [0.25, 0.3) is 0 Å². The van der Waals surface area contributed by atoms with Crippen LogP contribution < -0.4 is 4.90 Å². The molecule has 0 spiro atoms. The molecule has 1 N–H and O–H groups in total. The highest BCUT2D eigenvalue weighted by molar-refractivity contribution is 7.15. The Balaban J connectivity index is 1.42. The topological polar surface area (TPSA) is 53.4 Å². The normalized spacial score (nSPS) is 19.2. The Morgan fingerprint density at radius 2 is 1.76 bits per heavy atom. The SMILES string of the molecule is Cc1ncc(-c2ccc3c(c2)C[C@H](C)N(c2ccc(C4CC4)cc2)[C@H]3c2ccc(/C=C/C(=O)O)cc2)s1. The highest BCUT2D eigenvalue weighted by Crippen LogP contribution is 2.44. The molecular weight excluding hydrogens is 476 g/mol. The molecule has 4 nitrogen and oxygen atoms in total. The standard InChI is InChI=1S/C32H30N2O2S/c1-20-17-27-18-26(30-19-33-21(2)37-30)12-15-29(27)32(25-6-3-22(4-7-25)5-16-31(35)36)34(20)28-13-10-24(11-14-28)23-8-9-23/h3-7,10-16,18-20,23,32H,8-9,17H2,1-2H3,(H,35,36)/b16-5+/t20-,32-/m0/s1. The lowest BCUT2D eigenvalue weighted by molar-refractivity contribution is -0.131. The lowest BCUT2D eigenvalue weighted by Gasteiger charge is -2.44. The van der Waals surface area contributed by atoms with Crippen molar-refractivity contribution in [2.75, 3.05) is 4.90 Å². The van der Waals surface area contributed by atoms with Crippen molar-refractivity contribution in [3.8, 4) is 10.4 Å². The predicted octanol–water partition coefficient (Wildman–Crippen LogP) is 7.63. The summed E-state index contributed by atoms with van der Waals surface area (Å²) in [5.41, 5.74) is 8.70. The fourth-order valence-corrected chi connectivity index (χ4v) is 6.33. The molecule has 3 aromatic carbocycles. The van der Waals surface area contributed by atoms with Crippen molar-refractivity contribution in [1.29, 1.82) is 0 Å². The third-order valence-corrected chi connectivity index (χ3v) is 8.48. The first-order chi connectivity index (χ1) is 18.0. The molecule has 0 radical (unpaired) electrons. The minimum Gasteiger partial charge on any atom is -0.478 e. The molecule has 2 heterocycles. The average molecular weight is 507 g/mol. The van der Waals surface area contributed by atoms with Crippen molar-refractivity contribution in [3.05, 3.63) is 112 Å². The summed E-state index contributed by atoms with van der Waals surface area (Å²) in [6, 6.07) is 24.8. The maximum Gasteiger partial charge on any atom is 0.328 e. The van der Waals surface area contributed by atoms with Crippen molar-refractivity contribution >= 4 is 29.1 Å². The number of anilines is 1. The van der Waals surface area contributed by atoms with Crippen molar-refractivity contribution in [1.82, 2.24) is 4.98 Å². The third kappa shape index (κ3) is 4.84. The van der Waals surface area contributed by atoms with E-state index in [0.717, 1.165) is 22.9 Å². The molecule has 4 aromatic rings. The lowest BCUT2D eigenvalue weighted by Crippen LogP contribution is -2.42. The number of hydrogen-bond donors (Lipinski definition) is 1. The summed E-state index contributed by atoms with van der Waals surface area (Å²) in [7, 11) is 0. The zero-order valence-corrected chi connectivity index (χ0v) is 21.9. The van der Waals surface area contributed by atoms with Crippen molar-refractivity contribution in [2.24, 2.45) is 0 Å². The number of aryl methyl sites for hydroxylation is 1. The fraction of sp³-hybridized carbons (Fsp3) is 0.250. The van der Waals surface area contributed by atoms with E-state index in [1.807, 2.05) is 25.3 Å². The maximum absolute atomic E-state index is 11.0. The van der Waals surface area contributed by atoms with Crippen LogP contribution in [0.15, 0.2) is 79.0 Å². The molecule has 6 rings (SSSR count). The van der Waals surface area contributed by atoms with Crippen LogP contribution >= 0.6 is 11.3 Å². The summed E-state index contributed by atoms with van der Waals surface area (Å²) >= 11 is 1.73. The second-order valence-electron chi connectivity index (χ2n) is 10.2. The molecule has 186 valence electrons. The van der Waals surface area contributed by atoms with Crippen LogP contribution in [0.4, 0.5) is 5.69 Å². The number of benzene rings is 3. The highest BCUT2D eigenvalue weighted by atomic mass is 32.1.